The van der Waals surface area contributed by atoms with Crippen molar-refractivity contribution >= 4 is 0 Å². The number of aryl methyl sites for hydroxylation is 1. The van der Waals surface area contributed by atoms with Crippen molar-refractivity contribution in [3.8, 4) is 0 Å². The van der Waals surface area contributed by atoms with Crippen LogP contribution in [0.3, 0.4) is 0 Å². The molecule has 74 valence electrons. The van der Waals surface area contributed by atoms with Gasteiger partial charge in [-0.2, -0.15) is 0 Å². The summed E-state index contributed by atoms with van der Waals surface area (Å²) < 4.78 is 1.70. The molecule has 0 aliphatic rings. The predicted molar refractivity (Wildman–Crippen MR) is 51.0 cm³/mol. The van der Waals surface area contributed by atoms with Crippen LogP contribution in [0, 0.1) is 0 Å². The van der Waals surface area contributed by atoms with Crippen molar-refractivity contribution in [3.05, 3.63) is 11.9 Å². The van der Waals surface area contributed by atoms with E-state index in [4.69, 9.17) is 5.73 Å². The highest BCUT2D eigenvalue weighted by atomic mass is 15.4. The first-order valence-electron chi connectivity index (χ1n) is 4.51. The van der Waals surface area contributed by atoms with E-state index in [1.165, 1.54) is 0 Å². The molecule has 0 saturated heterocycles. The summed E-state index contributed by atoms with van der Waals surface area (Å²) in [4.78, 5) is 0. The summed E-state index contributed by atoms with van der Waals surface area (Å²) in [5, 5.41) is 11.1. The first kappa shape index (κ1) is 10.1. The Kier molecular flexibility index (Phi) is 3.85. The summed E-state index contributed by atoms with van der Waals surface area (Å²) in [5.41, 5.74) is 6.39. The summed E-state index contributed by atoms with van der Waals surface area (Å²) >= 11 is 0. The van der Waals surface area contributed by atoms with Gasteiger partial charge in [-0.25, -0.2) is 0 Å². The summed E-state index contributed by atoms with van der Waals surface area (Å²) in [7, 11) is 1.86. The van der Waals surface area contributed by atoms with Crippen molar-refractivity contribution in [2.45, 2.75) is 25.9 Å². The van der Waals surface area contributed by atoms with E-state index >= 15 is 0 Å². The Labute approximate surface area is 78.3 Å². The predicted octanol–water partition coefficient (Wildman–Crippen LogP) is -0.358. The lowest BCUT2D eigenvalue weighted by molar-refractivity contribution is 0.515. The second-order valence-electron chi connectivity index (χ2n) is 3.24. The maximum atomic E-state index is 5.43. The zero-order valence-corrected chi connectivity index (χ0v) is 8.20. The van der Waals surface area contributed by atoms with Crippen LogP contribution in [0.25, 0.3) is 0 Å². The van der Waals surface area contributed by atoms with Gasteiger partial charge in [0, 0.05) is 25.8 Å². The van der Waals surface area contributed by atoms with Gasteiger partial charge in [-0.05, 0) is 19.9 Å². The lowest BCUT2D eigenvalue weighted by Crippen LogP contribution is -2.27. The fourth-order valence-electron chi connectivity index (χ4n) is 1.11. The Balaban J connectivity index is 2.26. The molecule has 5 heteroatoms. The summed E-state index contributed by atoms with van der Waals surface area (Å²) in [6.45, 7) is 3.59. The first-order valence-corrected chi connectivity index (χ1v) is 4.51. The minimum Gasteiger partial charge on any atom is -0.330 e. The molecule has 0 aromatic carbocycles. The van der Waals surface area contributed by atoms with E-state index in [1.807, 2.05) is 13.2 Å². The van der Waals surface area contributed by atoms with Gasteiger partial charge < -0.3 is 11.1 Å². The second kappa shape index (κ2) is 4.94. The molecule has 0 radical (unpaired) electrons. The molecule has 1 rings (SSSR count). The molecule has 1 aromatic heterocycles. The van der Waals surface area contributed by atoms with Gasteiger partial charge in [0.05, 0.1) is 5.69 Å². The van der Waals surface area contributed by atoms with Crippen molar-refractivity contribution in [2.75, 3.05) is 6.54 Å². The Hall–Kier alpha value is -0.940. The number of aromatic nitrogens is 3. The minimum atomic E-state index is 0.437. The smallest absolute Gasteiger partial charge is 0.0964 e. The van der Waals surface area contributed by atoms with Gasteiger partial charge in [-0.1, -0.05) is 5.21 Å². The third-order valence-electron chi connectivity index (χ3n) is 1.88. The third-order valence-corrected chi connectivity index (χ3v) is 1.88. The van der Waals surface area contributed by atoms with E-state index in [-0.39, 0.29) is 0 Å². The van der Waals surface area contributed by atoms with Crippen LogP contribution in [0.4, 0.5) is 0 Å². The van der Waals surface area contributed by atoms with Crippen LogP contribution < -0.4 is 11.1 Å². The van der Waals surface area contributed by atoms with Gasteiger partial charge in [-0.3, -0.25) is 4.68 Å². The number of hydrogen-bond acceptors (Lipinski definition) is 4. The lowest BCUT2D eigenvalue weighted by Gasteiger charge is -2.10. The topological polar surface area (TPSA) is 68.8 Å². The molecule has 5 nitrogen and oxygen atoms in total. The maximum absolute atomic E-state index is 5.43. The van der Waals surface area contributed by atoms with Crippen LogP contribution in [0.1, 0.15) is 19.0 Å². The average Bonchev–Trinajstić information content (AvgIpc) is 2.49. The standard InChI is InChI=1S/C8H17N5/c1-7(3-4-9)10-5-8-6-13(2)12-11-8/h6-7,10H,3-5,9H2,1-2H3. The van der Waals surface area contributed by atoms with E-state index in [9.17, 15) is 0 Å². The van der Waals surface area contributed by atoms with Gasteiger partial charge >= 0.3 is 0 Å². The molecule has 0 fully saturated rings. The maximum Gasteiger partial charge on any atom is 0.0964 e. The van der Waals surface area contributed by atoms with E-state index < -0.39 is 0 Å². The molecule has 13 heavy (non-hydrogen) atoms. The van der Waals surface area contributed by atoms with Crippen molar-refractivity contribution in [2.24, 2.45) is 12.8 Å². The fourth-order valence-corrected chi connectivity index (χ4v) is 1.11. The molecule has 0 amide bonds. The van der Waals surface area contributed by atoms with Crippen LogP contribution in [0.5, 0.6) is 0 Å². The van der Waals surface area contributed by atoms with Crippen LogP contribution in [-0.4, -0.2) is 27.6 Å². The molecule has 0 aliphatic carbocycles. The molecule has 0 aliphatic heterocycles. The summed E-state index contributed by atoms with van der Waals surface area (Å²) in [6, 6.07) is 0.437. The highest BCUT2D eigenvalue weighted by Crippen LogP contribution is 1.93. The zero-order valence-electron chi connectivity index (χ0n) is 8.20. The SMILES string of the molecule is CC(CCN)NCc1cn(C)nn1. The summed E-state index contributed by atoms with van der Waals surface area (Å²) in [5.74, 6) is 0. The minimum absolute atomic E-state index is 0.437. The van der Waals surface area contributed by atoms with Crippen molar-refractivity contribution < 1.29 is 0 Å². The third kappa shape index (κ3) is 3.52. The van der Waals surface area contributed by atoms with Crippen LogP contribution in [0.15, 0.2) is 6.20 Å². The number of nitrogens with one attached hydrogen (secondary N) is 1. The van der Waals surface area contributed by atoms with Crippen molar-refractivity contribution in [3.63, 3.8) is 0 Å². The first-order chi connectivity index (χ1) is 6.22. The van der Waals surface area contributed by atoms with E-state index in [0.29, 0.717) is 12.6 Å². The number of nitrogens with two attached hydrogens (primary N) is 1. The molecule has 1 unspecified atom stereocenters. The van der Waals surface area contributed by atoms with Crippen molar-refractivity contribution in [1.29, 1.82) is 0 Å². The van der Waals surface area contributed by atoms with E-state index in [2.05, 4.69) is 22.6 Å². The molecule has 1 aromatic rings. The van der Waals surface area contributed by atoms with Gasteiger partial charge in [0.1, 0.15) is 0 Å². The van der Waals surface area contributed by atoms with Crippen LogP contribution in [0.2, 0.25) is 0 Å². The average molecular weight is 183 g/mol. The van der Waals surface area contributed by atoms with E-state index in [0.717, 1.165) is 18.7 Å². The summed E-state index contributed by atoms with van der Waals surface area (Å²) in [6.07, 6.45) is 2.89. The van der Waals surface area contributed by atoms with Crippen LogP contribution in [-0.2, 0) is 13.6 Å². The van der Waals surface area contributed by atoms with Gasteiger partial charge in [0.2, 0.25) is 0 Å². The molecular weight excluding hydrogens is 166 g/mol. The van der Waals surface area contributed by atoms with Crippen molar-refractivity contribution in [1.82, 2.24) is 20.3 Å². The van der Waals surface area contributed by atoms with Crippen LogP contribution >= 0.6 is 0 Å². The quantitative estimate of drug-likeness (QED) is 0.654. The Bertz CT molecular complexity index is 244. The van der Waals surface area contributed by atoms with Gasteiger partial charge in [0.15, 0.2) is 0 Å². The zero-order chi connectivity index (χ0) is 9.68. The second-order valence-corrected chi connectivity index (χ2v) is 3.24. The molecule has 1 heterocycles. The number of rotatable bonds is 5. The largest absolute Gasteiger partial charge is 0.330 e. The monoisotopic (exact) mass is 183 g/mol. The molecule has 0 spiro atoms. The van der Waals surface area contributed by atoms with Gasteiger partial charge in [-0.15, -0.1) is 5.10 Å². The Morgan fingerprint density at radius 2 is 2.46 bits per heavy atom. The highest BCUT2D eigenvalue weighted by Gasteiger charge is 2.01. The van der Waals surface area contributed by atoms with Gasteiger partial charge in [0.25, 0.3) is 0 Å². The number of hydrogen-bond donors (Lipinski definition) is 2. The highest BCUT2D eigenvalue weighted by molar-refractivity contribution is 4.91. The molecule has 0 bridgehead atoms. The normalized spacial score (nSPS) is 13.2. The number of nitrogens with zero attached hydrogens (tertiary/aromatic N) is 3. The molecular formula is C8H17N5. The lowest BCUT2D eigenvalue weighted by atomic mass is 10.2. The fraction of sp³-hybridized carbons (Fsp3) is 0.750. The molecule has 0 saturated carbocycles. The van der Waals surface area contributed by atoms with E-state index in [1.54, 1.807) is 4.68 Å². The Morgan fingerprint density at radius 3 is 3.00 bits per heavy atom. The molecule has 1 atom stereocenters. The molecule has 3 N–H and O–H groups in total. The Morgan fingerprint density at radius 1 is 1.69 bits per heavy atom.